The van der Waals surface area contributed by atoms with Crippen molar-refractivity contribution in [2.45, 2.75) is 121 Å². The molecule has 0 radical (unpaired) electrons. The number of carbonyl (C=O) groups is 7. The number of nitrogens with two attached hydrogens (primary N) is 2. The fourth-order valence-electron chi connectivity index (χ4n) is 9.73. The van der Waals surface area contributed by atoms with Gasteiger partial charge < -0.3 is 47.9 Å². The van der Waals surface area contributed by atoms with E-state index in [4.69, 9.17) is 11.5 Å². The number of likely N-dealkylation sites (N-methyl/N-ethyl adjacent to an activating group) is 1. The Balaban J connectivity index is 1.16. The molecule has 372 valence electrons. The van der Waals surface area contributed by atoms with Gasteiger partial charge in [0, 0.05) is 68.3 Å². The SMILES string of the molecule is CC(=O)N[C@@H](CCCCNC(=O)[C@@H](CCCCN)NC(=O)[C@@H]1CCCN1C(=O)[C@H](Cc1ccc([N+](=O)[O-])cc1)NC(=O)[C@@H](NC(=O)[C@@H]1C=C2c3cccc4[nH]cc(c34)C[C@H]2N(C)C1)C(C)C)C(N)=O. The Morgan fingerprint density at radius 3 is 2.29 bits per heavy atom. The molecule has 6 rings (SSSR count). The second-order valence-corrected chi connectivity index (χ2v) is 18.8. The third-order valence-electron chi connectivity index (χ3n) is 13.4. The van der Waals surface area contributed by atoms with Gasteiger partial charge in [-0.15, -0.1) is 0 Å². The molecule has 1 saturated heterocycles. The van der Waals surface area contributed by atoms with Crippen LogP contribution < -0.4 is 38.1 Å². The smallest absolute Gasteiger partial charge is 0.269 e. The van der Waals surface area contributed by atoms with E-state index >= 15 is 0 Å². The summed E-state index contributed by atoms with van der Waals surface area (Å²) in [6, 6.07) is 6.75. The number of nitrogens with zero attached hydrogens (tertiary/aromatic N) is 3. The maximum atomic E-state index is 14.7. The molecular formula is C49H67N11O9. The molecule has 0 spiro atoms. The summed E-state index contributed by atoms with van der Waals surface area (Å²) in [5.74, 6) is -4.51. The molecule has 3 aliphatic rings. The number of unbranched alkanes of at least 4 members (excludes halogenated alkanes) is 2. The van der Waals surface area contributed by atoms with Crippen molar-refractivity contribution in [1.82, 2.24) is 41.4 Å². The Morgan fingerprint density at radius 1 is 0.884 bits per heavy atom. The van der Waals surface area contributed by atoms with Gasteiger partial charge in [0.1, 0.15) is 30.2 Å². The lowest BCUT2D eigenvalue weighted by Crippen LogP contribution is -2.59. The molecule has 0 unspecified atom stereocenters. The van der Waals surface area contributed by atoms with E-state index in [0.717, 1.165) is 28.5 Å². The number of amides is 7. The first kappa shape index (κ1) is 51.7. The molecule has 20 nitrogen and oxygen atoms in total. The molecule has 2 aromatic carbocycles. The summed E-state index contributed by atoms with van der Waals surface area (Å²) in [5.41, 5.74) is 15.9. The van der Waals surface area contributed by atoms with Crippen molar-refractivity contribution < 1.29 is 38.5 Å². The Labute approximate surface area is 401 Å². The van der Waals surface area contributed by atoms with Crippen LogP contribution in [0.15, 0.2) is 54.7 Å². The molecular weight excluding hydrogens is 887 g/mol. The summed E-state index contributed by atoms with van der Waals surface area (Å²) >= 11 is 0. The molecule has 2 aliphatic heterocycles. The van der Waals surface area contributed by atoms with E-state index in [2.05, 4.69) is 42.5 Å². The van der Waals surface area contributed by atoms with Gasteiger partial charge in [-0.2, -0.15) is 0 Å². The number of carbonyl (C=O) groups excluding carboxylic acids is 7. The number of nitro benzene ring substituents is 1. The number of nitrogens with one attached hydrogen (secondary N) is 6. The minimum atomic E-state index is -1.24. The van der Waals surface area contributed by atoms with E-state index in [0.29, 0.717) is 57.2 Å². The van der Waals surface area contributed by atoms with Crippen LogP contribution in [0.3, 0.4) is 0 Å². The molecule has 20 heteroatoms. The average Bonchev–Trinajstić information content (AvgIpc) is 3.98. The second kappa shape index (κ2) is 23.6. The van der Waals surface area contributed by atoms with Crippen LogP contribution >= 0.6 is 0 Å². The number of hydrogen-bond donors (Lipinski definition) is 8. The number of fused-ring (bicyclic) bond motifs is 2. The van der Waals surface area contributed by atoms with Crippen LogP contribution in [0.4, 0.5) is 5.69 Å². The molecule has 7 atom stereocenters. The Morgan fingerprint density at radius 2 is 1.61 bits per heavy atom. The van der Waals surface area contributed by atoms with Gasteiger partial charge in [-0.25, -0.2) is 0 Å². The fourth-order valence-corrected chi connectivity index (χ4v) is 9.73. The summed E-state index contributed by atoms with van der Waals surface area (Å²) in [6.45, 7) is 6.10. The second-order valence-electron chi connectivity index (χ2n) is 18.8. The number of benzene rings is 2. The van der Waals surface area contributed by atoms with E-state index < -0.39 is 76.5 Å². The number of aromatic nitrogens is 1. The lowest BCUT2D eigenvalue weighted by molar-refractivity contribution is -0.384. The molecule has 3 heterocycles. The van der Waals surface area contributed by atoms with E-state index in [-0.39, 0.29) is 55.9 Å². The van der Waals surface area contributed by atoms with Gasteiger partial charge in [0.15, 0.2) is 0 Å². The van der Waals surface area contributed by atoms with Gasteiger partial charge in [-0.1, -0.05) is 44.2 Å². The lowest BCUT2D eigenvalue weighted by atomic mass is 9.79. The maximum absolute atomic E-state index is 14.7. The van der Waals surface area contributed by atoms with Gasteiger partial charge in [0.2, 0.25) is 41.4 Å². The third-order valence-corrected chi connectivity index (χ3v) is 13.4. The van der Waals surface area contributed by atoms with Crippen LogP contribution in [0, 0.1) is 22.0 Å². The molecule has 10 N–H and O–H groups in total. The van der Waals surface area contributed by atoms with Crippen LogP contribution in [0.5, 0.6) is 0 Å². The number of non-ortho nitro benzene ring substituents is 1. The topological polar surface area (TPSA) is 297 Å². The summed E-state index contributed by atoms with van der Waals surface area (Å²) in [4.78, 5) is 112. The fraction of sp³-hybridized carbons (Fsp3) is 0.531. The van der Waals surface area contributed by atoms with Crippen molar-refractivity contribution >= 4 is 63.5 Å². The highest BCUT2D eigenvalue weighted by Crippen LogP contribution is 2.41. The van der Waals surface area contributed by atoms with E-state index in [1.54, 1.807) is 13.8 Å². The van der Waals surface area contributed by atoms with Gasteiger partial charge in [-0.3, -0.25) is 48.6 Å². The molecule has 3 aromatic rings. The monoisotopic (exact) mass is 954 g/mol. The zero-order valence-electron chi connectivity index (χ0n) is 39.9. The van der Waals surface area contributed by atoms with Crippen LogP contribution in [-0.4, -0.2) is 131 Å². The van der Waals surface area contributed by atoms with Gasteiger partial charge in [-0.05, 0) is 106 Å². The van der Waals surface area contributed by atoms with Crippen molar-refractivity contribution in [2.24, 2.45) is 23.3 Å². The molecule has 7 amide bonds. The number of likely N-dealkylation sites (tertiary alicyclic amines) is 1. The first-order valence-corrected chi connectivity index (χ1v) is 24.0. The summed E-state index contributed by atoms with van der Waals surface area (Å²) in [7, 11) is 1.99. The minimum Gasteiger partial charge on any atom is -0.368 e. The molecule has 0 saturated carbocycles. The average molecular weight is 954 g/mol. The summed E-state index contributed by atoms with van der Waals surface area (Å²) < 4.78 is 0. The largest absolute Gasteiger partial charge is 0.368 e. The number of aromatic amines is 1. The predicted molar refractivity (Wildman–Crippen MR) is 259 cm³/mol. The van der Waals surface area contributed by atoms with Crippen molar-refractivity contribution in [3.63, 3.8) is 0 Å². The first-order chi connectivity index (χ1) is 33.0. The standard InChI is InChI=1S/C49H67N11O9/c1-28(2)43(57-45(63)32-24-35-34-11-9-14-36-42(34)31(26-53-36)25-41(35)58(4)27-32)48(66)56-39(23-30-16-18-33(19-17-30)60(68)69)49(67)59-22-10-15-40(59)47(65)55-38(13-5-7-20-50)46(64)52-21-8-6-12-37(44(51)62)54-29(3)61/h9,11,14,16-19,24,26,28,32,37-41,43,53H,5-8,10,12-13,15,20-23,25,27,50H2,1-4H3,(H2,51,62)(H,52,64)(H,54,61)(H,55,65)(H,56,66)(H,57,63)/t32-,37+,38-,39+,40+,41-,43+/m1/s1. The highest BCUT2D eigenvalue weighted by molar-refractivity contribution is 6.00. The van der Waals surface area contributed by atoms with Crippen molar-refractivity contribution in [1.29, 1.82) is 0 Å². The normalized spacial score (nSPS) is 19.4. The predicted octanol–water partition coefficient (Wildman–Crippen LogP) is 1.70. The van der Waals surface area contributed by atoms with Crippen molar-refractivity contribution in [3.8, 4) is 0 Å². The molecule has 0 bridgehead atoms. The number of hydrogen-bond acceptors (Lipinski definition) is 11. The van der Waals surface area contributed by atoms with Crippen LogP contribution in [0.2, 0.25) is 0 Å². The lowest BCUT2D eigenvalue weighted by Gasteiger charge is -2.39. The highest BCUT2D eigenvalue weighted by Gasteiger charge is 2.41. The molecule has 69 heavy (non-hydrogen) atoms. The van der Waals surface area contributed by atoms with E-state index in [1.165, 1.54) is 41.7 Å². The Hall–Kier alpha value is -6.67. The van der Waals surface area contributed by atoms with Gasteiger partial charge in [0.25, 0.3) is 5.69 Å². The first-order valence-electron chi connectivity index (χ1n) is 24.0. The Kier molecular flexibility index (Phi) is 17.7. The summed E-state index contributed by atoms with van der Waals surface area (Å²) in [5, 5.41) is 26.7. The van der Waals surface area contributed by atoms with E-state index in [9.17, 15) is 43.7 Å². The maximum Gasteiger partial charge on any atom is 0.269 e. The minimum absolute atomic E-state index is 0.0745. The zero-order valence-corrected chi connectivity index (χ0v) is 39.9. The number of H-pyrrole nitrogens is 1. The highest BCUT2D eigenvalue weighted by atomic mass is 16.6. The third kappa shape index (κ3) is 12.9. The van der Waals surface area contributed by atoms with Crippen LogP contribution in [0.1, 0.15) is 88.8 Å². The van der Waals surface area contributed by atoms with Crippen molar-refractivity contribution in [2.75, 3.05) is 33.2 Å². The zero-order chi connectivity index (χ0) is 49.9. The van der Waals surface area contributed by atoms with Gasteiger partial charge >= 0.3 is 0 Å². The number of nitro groups is 1. The van der Waals surface area contributed by atoms with E-state index in [1.807, 2.05) is 31.5 Å². The molecule has 1 fully saturated rings. The van der Waals surface area contributed by atoms with Crippen LogP contribution in [0.25, 0.3) is 16.5 Å². The molecule has 1 aliphatic carbocycles. The number of primary amides is 1. The number of rotatable bonds is 23. The quantitative estimate of drug-likeness (QED) is 0.0385. The van der Waals surface area contributed by atoms with Gasteiger partial charge in [0.05, 0.1) is 10.8 Å². The Bertz CT molecular complexity index is 2420. The molecule has 1 aromatic heterocycles. The summed E-state index contributed by atoms with van der Waals surface area (Å²) in [6.07, 6.45) is 8.18. The van der Waals surface area contributed by atoms with Crippen LogP contribution in [-0.2, 0) is 46.4 Å². The van der Waals surface area contributed by atoms with Crippen molar-refractivity contribution in [3.05, 3.63) is 81.5 Å².